The van der Waals surface area contributed by atoms with E-state index in [-0.39, 0.29) is 0 Å². The van der Waals surface area contributed by atoms with Crippen LogP contribution < -0.4 is 15.4 Å². The second-order valence-electron chi connectivity index (χ2n) is 7.39. The van der Waals surface area contributed by atoms with Gasteiger partial charge in [-0.2, -0.15) is 0 Å². The van der Waals surface area contributed by atoms with Crippen molar-refractivity contribution in [2.24, 2.45) is 4.99 Å². The van der Waals surface area contributed by atoms with E-state index in [2.05, 4.69) is 62.3 Å². The van der Waals surface area contributed by atoms with E-state index in [0.29, 0.717) is 31.8 Å². The van der Waals surface area contributed by atoms with E-state index in [1.165, 1.54) is 0 Å². The van der Waals surface area contributed by atoms with Crippen LogP contribution in [0.25, 0.3) is 0 Å². The van der Waals surface area contributed by atoms with Gasteiger partial charge in [-0.05, 0) is 52.3 Å². The molecule has 0 saturated heterocycles. The van der Waals surface area contributed by atoms with Crippen molar-refractivity contribution >= 4 is 5.96 Å². The second kappa shape index (κ2) is 14.2. The summed E-state index contributed by atoms with van der Waals surface area (Å²) < 4.78 is 10.8. The monoisotopic (exact) mass is 392 g/mol. The van der Waals surface area contributed by atoms with Gasteiger partial charge in [-0.15, -0.1) is 0 Å². The molecule has 0 bridgehead atoms. The highest BCUT2D eigenvalue weighted by Gasteiger charge is 2.12. The van der Waals surface area contributed by atoms with Crippen molar-refractivity contribution in [2.75, 3.05) is 40.0 Å². The number of hydrogen-bond acceptors (Lipinski definition) is 4. The molecule has 0 fully saturated rings. The van der Waals surface area contributed by atoms with Crippen LogP contribution in [-0.4, -0.2) is 62.9 Å². The van der Waals surface area contributed by atoms with Gasteiger partial charge in [0.25, 0.3) is 0 Å². The van der Waals surface area contributed by atoms with Gasteiger partial charge in [0, 0.05) is 51.9 Å². The van der Waals surface area contributed by atoms with Crippen molar-refractivity contribution in [3.8, 4) is 5.75 Å². The van der Waals surface area contributed by atoms with Crippen LogP contribution in [0.5, 0.6) is 5.75 Å². The van der Waals surface area contributed by atoms with Crippen LogP contribution in [0.1, 0.15) is 46.6 Å². The van der Waals surface area contributed by atoms with Gasteiger partial charge < -0.3 is 20.1 Å². The third-order valence-electron chi connectivity index (χ3n) is 4.41. The molecule has 0 radical (unpaired) electrons. The van der Waals surface area contributed by atoms with Crippen LogP contribution in [-0.2, 0) is 11.3 Å². The summed E-state index contributed by atoms with van der Waals surface area (Å²) in [6.07, 6.45) is 0.886. The molecule has 0 aliphatic rings. The van der Waals surface area contributed by atoms with Crippen LogP contribution in [0.4, 0.5) is 0 Å². The molecule has 0 spiro atoms. The van der Waals surface area contributed by atoms with E-state index in [9.17, 15) is 0 Å². The normalized spacial score (nSPS) is 12.1. The quantitative estimate of drug-likeness (QED) is 0.306. The maximum atomic E-state index is 5.77. The molecule has 0 aliphatic heterocycles. The Morgan fingerprint density at radius 1 is 1.11 bits per heavy atom. The predicted octanol–water partition coefficient (Wildman–Crippen LogP) is 3.28. The molecule has 1 aromatic carbocycles. The summed E-state index contributed by atoms with van der Waals surface area (Å²) in [6, 6.07) is 9.20. The van der Waals surface area contributed by atoms with Crippen LogP contribution >= 0.6 is 0 Å². The van der Waals surface area contributed by atoms with E-state index in [1.54, 1.807) is 7.11 Å². The number of hydrogen-bond donors (Lipinski definition) is 2. The molecule has 0 atom stereocenters. The smallest absolute Gasteiger partial charge is 0.191 e. The number of rotatable bonds is 13. The first kappa shape index (κ1) is 24.2. The lowest BCUT2D eigenvalue weighted by Crippen LogP contribution is -2.45. The number of nitrogens with one attached hydrogen (secondary N) is 2. The zero-order valence-corrected chi connectivity index (χ0v) is 18.6. The number of benzene rings is 1. The largest absolute Gasteiger partial charge is 0.493 e. The fourth-order valence-electron chi connectivity index (χ4n) is 3.06. The van der Waals surface area contributed by atoms with Gasteiger partial charge >= 0.3 is 0 Å². The van der Waals surface area contributed by atoms with Crippen LogP contribution in [0.3, 0.4) is 0 Å². The van der Waals surface area contributed by atoms with E-state index >= 15 is 0 Å². The van der Waals surface area contributed by atoms with Gasteiger partial charge in [0.15, 0.2) is 5.96 Å². The van der Waals surface area contributed by atoms with Gasteiger partial charge in [0.1, 0.15) is 5.75 Å². The Kier molecular flexibility index (Phi) is 12.3. The lowest BCUT2D eigenvalue weighted by Gasteiger charge is -2.30. The summed E-state index contributed by atoms with van der Waals surface area (Å²) in [5, 5.41) is 6.77. The van der Waals surface area contributed by atoms with E-state index < -0.39 is 0 Å². The lowest BCUT2D eigenvalue weighted by molar-refractivity contribution is 0.172. The van der Waals surface area contributed by atoms with Crippen LogP contribution in [0.2, 0.25) is 0 Å². The Hall–Kier alpha value is -1.79. The second-order valence-corrected chi connectivity index (χ2v) is 7.39. The number of nitrogens with zero attached hydrogens (tertiary/aromatic N) is 2. The van der Waals surface area contributed by atoms with Crippen molar-refractivity contribution in [2.45, 2.75) is 59.7 Å². The third-order valence-corrected chi connectivity index (χ3v) is 4.41. The minimum atomic E-state index is 0.535. The Balaban J connectivity index is 2.57. The van der Waals surface area contributed by atoms with Crippen LogP contribution in [0, 0.1) is 0 Å². The molecule has 1 rings (SSSR count). The van der Waals surface area contributed by atoms with E-state index in [0.717, 1.165) is 43.3 Å². The molecule has 2 N–H and O–H groups in total. The van der Waals surface area contributed by atoms with E-state index in [1.807, 2.05) is 12.1 Å². The third kappa shape index (κ3) is 9.95. The standard InChI is InChI=1S/C22H40N4O2/c1-7-23-22(24-12-13-26(18(2)3)19(4)5)25-17-20-10-8-11-21(16-20)28-15-9-14-27-6/h8,10-11,16,18-19H,7,9,12-15,17H2,1-6H3,(H2,23,24,25). The average molecular weight is 393 g/mol. The molecule has 28 heavy (non-hydrogen) atoms. The van der Waals surface area contributed by atoms with Crippen molar-refractivity contribution in [3.05, 3.63) is 29.8 Å². The summed E-state index contributed by atoms with van der Waals surface area (Å²) in [7, 11) is 1.71. The topological polar surface area (TPSA) is 58.1 Å². The zero-order chi connectivity index (χ0) is 20.8. The number of ether oxygens (including phenoxy) is 2. The summed E-state index contributed by atoms with van der Waals surface area (Å²) >= 11 is 0. The number of aliphatic imine (C=N–C) groups is 1. The average Bonchev–Trinajstić information content (AvgIpc) is 2.66. The van der Waals surface area contributed by atoms with Gasteiger partial charge in [0.2, 0.25) is 0 Å². The molecule has 0 unspecified atom stereocenters. The summed E-state index contributed by atoms with van der Waals surface area (Å²) in [5.41, 5.74) is 1.13. The maximum Gasteiger partial charge on any atom is 0.191 e. The lowest BCUT2D eigenvalue weighted by atomic mass is 10.2. The van der Waals surface area contributed by atoms with Crippen LogP contribution in [0.15, 0.2) is 29.3 Å². The molecule has 0 amide bonds. The highest BCUT2D eigenvalue weighted by atomic mass is 16.5. The van der Waals surface area contributed by atoms with Gasteiger partial charge in [-0.25, -0.2) is 4.99 Å². The van der Waals surface area contributed by atoms with Crippen molar-refractivity contribution in [1.82, 2.24) is 15.5 Å². The van der Waals surface area contributed by atoms with Crippen molar-refractivity contribution < 1.29 is 9.47 Å². The zero-order valence-electron chi connectivity index (χ0n) is 18.6. The molecule has 6 nitrogen and oxygen atoms in total. The minimum Gasteiger partial charge on any atom is -0.493 e. The summed E-state index contributed by atoms with van der Waals surface area (Å²) in [6.45, 7) is 15.7. The van der Waals surface area contributed by atoms with Crippen molar-refractivity contribution in [1.29, 1.82) is 0 Å². The molecule has 0 heterocycles. The molecule has 160 valence electrons. The predicted molar refractivity (Wildman–Crippen MR) is 118 cm³/mol. The minimum absolute atomic E-state index is 0.535. The SMILES string of the molecule is CCNC(=NCc1cccc(OCCCOC)c1)NCCN(C(C)C)C(C)C. The van der Waals surface area contributed by atoms with Gasteiger partial charge in [-0.3, -0.25) is 4.90 Å². The molecular formula is C22H40N4O2. The first-order valence-corrected chi connectivity index (χ1v) is 10.5. The molecule has 0 aromatic heterocycles. The molecular weight excluding hydrogens is 352 g/mol. The first-order chi connectivity index (χ1) is 13.5. The number of guanidine groups is 1. The molecule has 0 aliphatic carbocycles. The molecule has 1 aromatic rings. The highest BCUT2D eigenvalue weighted by Crippen LogP contribution is 2.14. The summed E-state index contributed by atoms with van der Waals surface area (Å²) in [5.74, 6) is 1.73. The molecule has 0 saturated carbocycles. The molecule has 6 heteroatoms. The highest BCUT2D eigenvalue weighted by molar-refractivity contribution is 5.79. The Bertz CT molecular complexity index is 553. The fourth-order valence-corrected chi connectivity index (χ4v) is 3.06. The van der Waals surface area contributed by atoms with Crippen molar-refractivity contribution in [3.63, 3.8) is 0 Å². The summed E-state index contributed by atoms with van der Waals surface area (Å²) in [4.78, 5) is 7.19. The van der Waals surface area contributed by atoms with Gasteiger partial charge in [0.05, 0.1) is 13.2 Å². The Morgan fingerprint density at radius 3 is 2.50 bits per heavy atom. The Morgan fingerprint density at radius 2 is 1.86 bits per heavy atom. The first-order valence-electron chi connectivity index (χ1n) is 10.5. The maximum absolute atomic E-state index is 5.77. The van der Waals surface area contributed by atoms with E-state index in [4.69, 9.17) is 14.5 Å². The Labute approximate surface area is 171 Å². The fraction of sp³-hybridized carbons (Fsp3) is 0.682. The number of methoxy groups -OCH3 is 1. The van der Waals surface area contributed by atoms with Gasteiger partial charge in [-0.1, -0.05) is 12.1 Å².